The first-order chi connectivity index (χ1) is 8.95. The van der Waals surface area contributed by atoms with Gasteiger partial charge in [-0.05, 0) is 53.9 Å². The van der Waals surface area contributed by atoms with Crippen molar-refractivity contribution >= 4 is 37.3 Å². The zero-order valence-electron chi connectivity index (χ0n) is 11.1. The molecule has 0 bridgehead atoms. The van der Waals surface area contributed by atoms with Crippen LogP contribution in [-0.2, 0) is 10.0 Å². The number of sulfonamides is 1. The van der Waals surface area contributed by atoms with Gasteiger partial charge in [-0.2, -0.15) is 4.31 Å². The smallest absolute Gasteiger partial charge is 0.252 e. The van der Waals surface area contributed by atoms with Crippen LogP contribution in [0.4, 0.5) is 0 Å². The van der Waals surface area contributed by atoms with Crippen LogP contribution in [-0.4, -0.2) is 38.4 Å². The summed E-state index contributed by atoms with van der Waals surface area (Å²) in [6.45, 7) is 5.87. The fourth-order valence-corrected chi connectivity index (χ4v) is 6.12. The van der Waals surface area contributed by atoms with E-state index in [4.69, 9.17) is 0 Å². The molecule has 108 valence electrons. The first kappa shape index (κ1) is 15.4. The van der Waals surface area contributed by atoms with E-state index in [1.165, 1.54) is 11.3 Å². The largest absolute Gasteiger partial charge is 0.313 e. The topological polar surface area (TPSA) is 49.4 Å². The van der Waals surface area contributed by atoms with E-state index in [1.54, 1.807) is 10.4 Å². The van der Waals surface area contributed by atoms with Crippen molar-refractivity contribution in [2.75, 3.05) is 19.6 Å². The fraction of sp³-hybridized carbons (Fsp3) is 0.667. The summed E-state index contributed by atoms with van der Waals surface area (Å²) < 4.78 is 28.1. The molecule has 19 heavy (non-hydrogen) atoms. The van der Waals surface area contributed by atoms with Crippen LogP contribution in [0.1, 0.15) is 25.3 Å². The van der Waals surface area contributed by atoms with Crippen molar-refractivity contribution in [1.82, 2.24) is 9.62 Å². The summed E-state index contributed by atoms with van der Waals surface area (Å²) in [5.41, 5.74) is 0.971. The molecule has 4 nitrogen and oxygen atoms in total. The Morgan fingerprint density at radius 3 is 2.79 bits per heavy atom. The van der Waals surface area contributed by atoms with Crippen molar-refractivity contribution in [3.8, 4) is 0 Å². The standard InChI is InChI=1S/C12H19BrN2O2S2/c1-3-15(8-10-5-4-6-14-10)19(16,17)11-7-9(2)12(13)18-11/h7,10,14H,3-6,8H2,1-2H3. The van der Waals surface area contributed by atoms with Gasteiger partial charge in [0.1, 0.15) is 4.21 Å². The summed E-state index contributed by atoms with van der Waals surface area (Å²) in [7, 11) is -3.36. The zero-order chi connectivity index (χ0) is 14.0. The van der Waals surface area contributed by atoms with Gasteiger partial charge in [0.05, 0.1) is 3.79 Å². The predicted octanol–water partition coefficient (Wildman–Crippen LogP) is 2.58. The Bertz CT molecular complexity index is 516. The van der Waals surface area contributed by atoms with E-state index in [2.05, 4.69) is 21.2 Å². The molecule has 1 atom stereocenters. The first-order valence-electron chi connectivity index (χ1n) is 6.44. The van der Waals surface area contributed by atoms with Gasteiger partial charge in [-0.25, -0.2) is 8.42 Å². The minimum atomic E-state index is -3.36. The quantitative estimate of drug-likeness (QED) is 0.870. The molecule has 1 aliphatic heterocycles. The average molecular weight is 367 g/mol. The zero-order valence-corrected chi connectivity index (χ0v) is 14.4. The number of likely N-dealkylation sites (N-methyl/N-ethyl adjacent to an activating group) is 1. The molecule has 0 amide bonds. The van der Waals surface area contributed by atoms with Gasteiger partial charge in [0.2, 0.25) is 0 Å². The van der Waals surface area contributed by atoms with E-state index >= 15 is 0 Å². The highest BCUT2D eigenvalue weighted by Crippen LogP contribution is 2.32. The van der Waals surface area contributed by atoms with E-state index in [0.29, 0.717) is 23.3 Å². The average Bonchev–Trinajstić information content (AvgIpc) is 2.97. The van der Waals surface area contributed by atoms with Crippen LogP contribution in [0.25, 0.3) is 0 Å². The SMILES string of the molecule is CCN(CC1CCCN1)S(=O)(=O)c1cc(C)c(Br)s1. The van der Waals surface area contributed by atoms with E-state index in [1.807, 2.05) is 13.8 Å². The maximum Gasteiger partial charge on any atom is 0.252 e. The maximum atomic E-state index is 12.6. The number of thiophene rings is 1. The molecular formula is C12H19BrN2O2S2. The fourth-order valence-electron chi connectivity index (χ4n) is 2.24. The number of hydrogen-bond donors (Lipinski definition) is 1. The van der Waals surface area contributed by atoms with Gasteiger partial charge in [0.25, 0.3) is 10.0 Å². The molecule has 1 fully saturated rings. The molecule has 1 saturated heterocycles. The Balaban J connectivity index is 2.20. The molecule has 7 heteroatoms. The molecule has 0 aromatic carbocycles. The normalized spacial score (nSPS) is 20.3. The molecule has 1 aromatic heterocycles. The van der Waals surface area contributed by atoms with Crippen molar-refractivity contribution in [2.24, 2.45) is 0 Å². The molecule has 2 heterocycles. The van der Waals surface area contributed by atoms with E-state index in [9.17, 15) is 8.42 Å². The van der Waals surface area contributed by atoms with E-state index in [0.717, 1.165) is 28.7 Å². The van der Waals surface area contributed by atoms with Gasteiger partial charge in [0.15, 0.2) is 0 Å². The van der Waals surface area contributed by atoms with Gasteiger partial charge in [0, 0.05) is 19.1 Å². The highest BCUT2D eigenvalue weighted by atomic mass is 79.9. The minimum absolute atomic E-state index is 0.291. The lowest BCUT2D eigenvalue weighted by atomic mass is 10.2. The van der Waals surface area contributed by atoms with Gasteiger partial charge < -0.3 is 5.32 Å². The summed E-state index contributed by atoms with van der Waals surface area (Å²) in [6.07, 6.45) is 2.19. The number of aryl methyl sites for hydroxylation is 1. The van der Waals surface area contributed by atoms with E-state index < -0.39 is 10.0 Å². The third-order valence-electron chi connectivity index (χ3n) is 3.37. The van der Waals surface area contributed by atoms with Gasteiger partial charge in [-0.1, -0.05) is 6.92 Å². The Morgan fingerprint density at radius 1 is 1.58 bits per heavy atom. The van der Waals surface area contributed by atoms with E-state index in [-0.39, 0.29) is 0 Å². The van der Waals surface area contributed by atoms with Crippen LogP contribution in [0.3, 0.4) is 0 Å². The maximum absolute atomic E-state index is 12.6. The Kier molecular flexibility index (Phi) is 5.05. The lowest BCUT2D eigenvalue weighted by Crippen LogP contribution is -2.40. The van der Waals surface area contributed by atoms with Crippen LogP contribution < -0.4 is 5.32 Å². The summed E-state index contributed by atoms with van der Waals surface area (Å²) in [5.74, 6) is 0. The molecule has 0 radical (unpaired) electrons. The second-order valence-electron chi connectivity index (χ2n) is 4.77. The molecule has 0 spiro atoms. The van der Waals surface area contributed by atoms with Crippen molar-refractivity contribution in [1.29, 1.82) is 0 Å². The lowest BCUT2D eigenvalue weighted by Gasteiger charge is -2.23. The number of halogens is 1. The van der Waals surface area contributed by atoms with Crippen molar-refractivity contribution in [3.05, 3.63) is 15.4 Å². The van der Waals surface area contributed by atoms with Crippen LogP contribution >= 0.6 is 27.3 Å². The summed E-state index contributed by atoms with van der Waals surface area (Å²) in [6, 6.07) is 2.04. The highest BCUT2D eigenvalue weighted by molar-refractivity contribution is 9.11. The van der Waals surface area contributed by atoms with Crippen LogP contribution in [0.2, 0.25) is 0 Å². The molecule has 1 aromatic rings. The van der Waals surface area contributed by atoms with Crippen molar-refractivity contribution in [3.63, 3.8) is 0 Å². The first-order valence-corrected chi connectivity index (χ1v) is 9.49. The van der Waals surface area contributed by atoms with Crippen LogP contribution in [0, 0.1) is 6.92 Å². The number of nitrogens with zero attached hydrogens (tertiary/aromatic N) is 1. The third kappa shape index (κ3) is 3.39. The Morgan fingerprint density at radius 2 is 2.32 bits per heavy atom. The predicted molar refractivity (Wildman–Crippen MR) is 82.2 cm³/mol. The van der Waals surface area contributed by atoms with Gasteiger partial charge in [-0.15, -0.1) is 11.3 Å². The van der Waals surface area contributed by atoms with Crippen molar-refractivity contribution < 1.29 is 8.42 Å². The molecular weight excluding hydrogens is 348 g/mol. The number of nitrogens with one attached hydrogen (secondary N) is 1. The summed E-state index contributed by atoms with van der Waals surface area (Å²) in [4.78, 5) is 0. The second kappa shape index (κ2) is 6.22. The molecule has 0 saturated carbocycles. The lowest BCUT2D eigenvalue weighted by molar-refractivity contribution is 0.384. The third-order valence-corrected chi connectivity index (χ3v) is 7.89. The number of hydrogen-bond acceptors (Lipinski definition) is 4. The molecule has 1 aliphatic rings. The van der Waals surface area contributed by atoms with Crippen LogP contribution in [0.15, 0.2) is 14.1 Å². The van der Waals surface area contributed by atoms with Crippen molar-refractivity contribution in [2.45, 2.75) is 36.9 Å². The second-order valence-corrected chi connectivity index (χ2v) is 9.31. The Labute approximate surface area is 127 Å². The highest BCUT2D eigenvalue weighted by Gasteiger charge is 2.28. The minimum Gasteiger partial charge on any atom is -0.313 e. The monoisotopic (exact) mass is 366 g/mol. The number of rotatable bonds is 5. The molecule has 1 N–H and O–H groups in total. The Hall–Kier alpha value is 0.0500. The molecule has 0 aliphatic carbocycles. The summed E-state index contributed by atoms with van der Waals surface area (Å²) >= 11 is 4.68. The van der Waals surface area contributed by atoms with Gasteiger partial charge >= 0.3 is 0 Å². The molecule has 1 unspecified atom stereocenters. The summed E-state index contributed by atoms with van der Waals surface area (Å²) in [5, 5.41) is 3.35. The molecule has 2 rings (SSSR count). The van der Waals surface area contributed by atoms with Gasteiger partial charge in [-0.3, -0.25) is 0 Å². The van der Waals surface area contributed by atoms with Crippen LogP contribution in [0.5, 0.6) is 0 Å².